The average molecular weight is 206 g/mol. The van der Waals surface area contributed by atoms with Crippen LogP contribution in [0.4, 0.5) is 5.82 Å². The van der Waals surface area contributed by atoms with E-state index in [0.29, 0.717) is 6.04 Å². The van der Waals surface area contributed by atoms with Crippen LogP contribution in [0.15, 0.2) is 6.07 Å². The molecule has 0 bridgehead atoms. The van der Waals surface area contributed by atoms with E-state index in [1.54, 1.807) is 0 Å². The fourth-order valence-electron chi connectivity index (χ4n) is 2.31. The maximum Gasteiger partial charge on any atom is 0.150 e. The van der Waals surface area contributed by atoms with Gasteiger partial charge in [0, 0.05) is 36.8 Å². The van der Waals surface area contributed by atoms with Crippen LogP contribution in [-0.4, -0.2) is 29.3 Å². The number of aromatic amines is 1. The van der Waals surface area contributed by atoms with Crippen molar-refractivity contribution in [1.82, 2.24) is 10.2 Å². The molecule has 0 spiro atoms. The molecule has 1 aliphatic heterocycles. The summed E-state index contributed by atoms with van der Waals surface area (Å²) in [5.74, 6) is 1.84. The van der Waals surface area contributed by atoms with Crippen LogP contribution in [0.1, 0.15) is 37.3 Å². The van der Waals surface area contributed by atoms with Crippen molar-refractivity contribution in [3.05, 3.63) is 11.8 Å². The predicted octanol–water partition coefficient (Wildman–Crippen LogP) is 1.21. The van der Waals surface area contributed by atoms with Gasteiger partial charge >= 0.3 is 0 Å². The number of H-pyrrole nitrogens is 1. The highest BCUT2D eigenvalue weighted by Gasteiger charge is 2.27. The molecule has 2 fully saturated rings. The highest BCUT2D eigenvalue weighted by molar-refractivity contribution is 5.41. The SMILES string of the molecule is N[C@@H]1CCCN(c2cc(C3CC3)[nH]n2)C1. The van der Waals surface area contributed by atoms with Crippen LogP contribution in [0.25, 0.3) is 0 Å². The minimum atomic E-state index is 0.319. The summed E-state index contributed by atoms with van der Waals surface area (Å²) in [4.78, 5) is 2.30. The third kappa shape index (κ3) is 1.86. The number of nitrogens with two attached hydrogens (primary N) is 1. The Morgan fingerprint density at radius 2 is 2.27 bits per heavy atom. The molecule has 0 unspecified atom stereocenters. The molecule has 0 amide bonds. The van der Waals surface area contributed by atoms with Crippen molar-refractivity contribution in [3.63, 3.8) is 0 Å². The number of rotatable bonds is 2. The van der Waals surface area contributed by atoms with Crippen molar-refractivity contribution in [2.24, 2.45) is 5.73 Å². The van der Waals surface area contributed by atoms with E-state index in [0.717, 1.165) is 31.2 Å². The lowest BCUT2D eigenvalue weighted by molar-refractivity contribution is 0.503. The topological polar surface area (TPSA) is 57.9 Å². The van der Waals surface area contributed by atoms with Gasteiger partial charge in [-0.1, -0.05) is 0 Å². The van der Waals surface area contributed by atoms with Crippen molar-refractivity contribution < 1.29 is 0 Å². The predicted molar refractivity (Wildman–Crippen MR) is 60.0 cm³/mol. The highest BCUT2D eigenvalue weighted by Crippen LogP contribution is 2.39. The van der Waals surface area contributed by atoms with Gasteiger partial charge in [-0.3, -0.25) is 5.10 Å². The molecule has 3 rings (SSSR count). The summed E-state index contributed by atoms with van der Waals surface area (Å²) in [6.45, 7) is 2.05. The molecule has 1 atom stereocenters. The lowest BCUT2D eigenvalue weighted by atomic mass is 10.1. The zero-order chi connectivity index (χ0) is 10.3. The number of hydrogen-bond donors (Lipinski definition) is 2. The molecule has 1 saturated carbocycles. The number of nitrogens with zero attached hydrogens (tertiary/aromatic N) is 2. The van der Waals surface area contributed by atoms with Crippen molar-refractivity contribution in [3.8, 4) is 0 Å². The molecule has 4 heteroatoms. The van der Waals surface area contributed by atoms with E-state index >= 15 is 0 Å². The van der Waals surface area contributed by atoms with Crippen LogP contribution in [0.3, 0.4) is 0 Å². The van der Waals surface area contributed by atoms with Gasteiger partial charge in [-0.25, -0.2) is 0 Å². The summed E-state index contributed by atoms with van der Waals surface area (Å²) in [6, 6.07) is 2.52. The van der Waals surface area contributed by atoms with Crippen molar-refractivity contribution in [2.75, 3.05) is 18.0 Å². The van der Waals surface area contributed by atoms with E-state index in [4.69, 9.17) is 5.73 Å². The maximum absolute atomic E-state index is 5.96. The Hall–Kier alpha value is -1.03. The van der Waals surface area contributed by atoms with Gasteiger partial charge in [0.15, 0.2) is 5.82 Å². The van der Waals surface area contributed by atoms with Crippen LogP contribution in [0.5, 0.6) is 0 Å². The van der Waals surface area contributed by atoms with Gasteiger partial charge in [0.1, 0.15) is 0 Å². The van der Waals surface area contributed by atoms with Gasteiger partial charge in [0.25, 0.3) is 0 Å². The molecule has 1 aromatic heterocycles. The minimum absolute atomic E-state index is 0.319. The number of aromatic nitrogens is 2. The summed E-state index contributed by atoms with van der Waals surface area (Å²) in [5.41, 5.74) is 7.27. The molecule has 82 valence electrons. The second-order valence-corrected chi connectivity index (χ2v) is 4.80. The van der Waals surface area contributed by atoms with Gasteiger partial charge in [-0.15, -0.1) is 0 Å². The smallest absolute Gasteiger partial charge is 0.150 e. The summed E-state index contributed by atoms with van der Waals surface area (Å²) in [6.07, 6.45) is 4.98. The summed E-state index contributed by atoms with van der Waals surface area (Å²) >= 11 is 0. The number of piperidine rings is 1. The van der Waals surface area contributed by atoms with Crippen LogP contribution in [-0.2, 0) is 0 Å². The zero-order valence-electron chi connectivity index (χ0n) is 8.95. The minimum Gasteiger partial charge on any atom is -0.354 e. The molecule has 2 heterocycles. The molecule has 1 aromatic rings. The van der Waals surface area contributed by atoms with Crippen LogP contribution >= 0.6 is 0 Å². The Bertz CT molecular complexity index is 342. The zero-order valence-corrected chi connectivity index (χ0v) is 8.95. The van der Waals surface area contributed by atoms with E-state index < -0.39 is 0 Å². The van der Waals surface area contributed by atoms with E-state index in [-0.39, 0.29) is 0 Å². The molecule has 15 heavy (non-hydrogen) atoms. The first-order valence-corrected chi connectivity index (χ1v) is 5.89. The van der Waals surface area contributed by atoms with E-state index in [9.17, 15) is 0 Å². The Morgan fingerprint density at radius 3 is 3.00 bits per heavy atom. The second kappa shape index (κ2) is 3.52. The lowest BCUT2D eigenvalue weighted by Crippen LogP contribution is -2.43. The van der Waals surface area contributed by atoms with E-state index in [1.807, 2.05) is 0 Å². The summed E-state index contributed by atoms with van der Waals surface area (Å²) in [5, 5.41) is 7.53. The van der Waals surface area contributed by atoms with Gasteiger partial charge in [0.05, 0.1) is 0 Å². The van der Waals surface area contributed by atoms with Crippen LogP contribution in [0, 0.1) is 0 Å². The maximum atomic E-state index is 5.96. The Kier molecular flexibility index (Phi) is 2.16. The normalized spacial score (nSPS) is 27.0. The Morgan fingerprint density at radius 1 is 1.40 bits per heavy atom. The third-order valence-corrected chi connectivity index (χ3v) is 3.38. The lowest BCUT2D eigenvalue weighted by Gasteiger charge is -2.30. The monoisotopic (exact) mass is 206 g/mol. The first-order chi connectivity index (χ1) is 7.33. The summed E-state index contributed by atoms with van der Waals surface area (Å²) in [7, 11) is 0. The number of anilines is 1. The van der Waals surface area contributed by atoms with Crippen LogP contribution in [0.2, 0.25) is 0 Å². The Balaban J connectivity index is 1.73. The second-order valence-electron chi connectivity index (χ2n) is 4.80. The molecule has 1 aliphatic carbocycles. The van der Waals surface area contributed by atoms with Gasteiger partial charge in [-0.2, -0.15) is 5.10 Å². The molecule has 1 saturated heterocycles. The van der Waals surface area contributed by atoms with Crippen molar-refractivity contribution >= 4 is 5.82 Å². The number of hydrogen-bond acceptors (Lipinski definition) is 3. The van der Waals surface area contributed by atoms with E-state index in [2.05, 4.69) is 21.2 Å². The third-order valence-electron chi connectivity index (χ3n) is 3.38. The van der Waals surface area contributed by atoms with Gasteiger partial charge < -0.3 is 10.6 Å². The molecule has 2 aliphatic rings. The molecule has 4 nitrogen and oxygen atoms in total. The molecule has 3 N–H and O–H groups in total. The standard InChI is InChI=1S/C11H18N4/c12-9-2-1-5-15(7-9)11-6-10(13-14-11)8-3-4-8/h6,8-9H,1-5,7,12H2,(H,13,14)/t9-/m1/s1. The molecule has 0 aromatic carbocycles. The fourth-order valence-corrected chi connectivity index (χ4v) is 2.31. The fraction of sp³-hybridized carbons (Fsp3) is 0.727. The summed E-state index contributed by atoms with van der Waals surface area (Å²) < 4.78 is 0. The highest BCUT2D eigenvalue weighted by atomic mass is 15.3. The first kappa shape index (κ1) is 9.21. The Labute approximate surface area is 89.8 Å². The first-order valence-electron chi connectivity index (χ1n) is 5.89. The average Bonchev–Trinajstić information content (AvgIpc) is 2.97. The number of nitrogens with one attached hydrogen (secondary N) is 1. The largest absolute Gasteiger partial charge is 0.354 e. The van der Waals surface area contributed by atoms with Crippen molar-refractivity contribution in [2.45, 2.75) is 37.6 Å². The molecule has 0 radical (unpaired) electrons. The van der Waals surface area contributed by atoms with Crippen molar-refractivity contribution in [1.29, 1.82) is 0 Å². The van der Waals surface area contributed by atoms with Crippen LogP contribution < -0.4 is 10.6 Å². The molecular formula is C11H18N4. The molecular weight excluding hydrogens is 188 g/mol. The van der Waals surface area contributed by atoms with Gasteiger partial charge in [-0.05, 0) is 25.7 Å². The van der Waals surface area contributed by atoms with Gasteiger partial charge in [0.2, 0.25) is 0 Å². The van der Waals surface area contributed by atoms with E-state index in [1.165, 1.54) is 25.0 Å². The quantitative estimate of drug-likeness (QED) is 0.764.